The summed E-state index contributed by atoms with van der Waals surface area (Å²) in [6.45, 7) is -0.110. The van der Waals surface area contributed by atoms with Crippen molar-refractivity contribution in [2.75, 3.05) is 7.11 Å². The Kier molecular flexibility index (Phi) is 4.31. The van der Waals surface area contributed by atoms with Crippen LogP contribution in [-0.4, -0.2) is 32.4 Å². The number of alkyl halides is 3. The van der Waals surface area contributed by atoms with Crippen molar-refractivity contribution in [1.29, 1.82) is 0 Å². The van der Waals surface area contributed by atoms with Crippen LogP contribution < -0.4 is 4.74 Å². The fraction of sp³-hybridized carbons (Fsp3) is 0.158. The molecule has 0 aliphatic rings. The number of aliphatic hydroxyl groups is 1. The normalized spacial score (nSPS) is 11.9. The highest BCUT2D eigenvalue weighted by atomic mass is 19.4. The van der Waals surface area contributed by atoms with Crippen LogP contribution in [0.25, 0.3) is 33.8 Å². The molecular weight excluding hydrogens is 373 g/mol. The highest BCUT2D eigenvalue weighted by Gasteiger charge is 2.30. The number of nitrogens with zero attached hydrogens (tertiary/aromatic N) is 2. The first-order valence-corrected chi connectivity index (χ1v) is 8.30. The molecule has 3 N–H and O–H groups in total. The van der Waals surface area contributed by atoms with E-state index in [2.05, 4.69) is 20.2 Å². The van der Waals surface area contributed by atoms with Crippen LogP contribution in [0.1, 0.15) is 11.1 Å². The number of hydrogen-bond donors (Lipinski definition) is 3. The van der Waals surface area contributed by atoms with Gasteiger partial charge in [-0.15, -0.1) is 0 Å². The van der Waals surface area contributed by atoms with Crippen LogP contribution in [0.5, 0.6) is 5.75 Å². The van der Waals surface area contributed by atoms with Gasteiger partial charge in [-0.1, -0.05) is 6.07 Å². The van der Waals surface area contributed by atoms with Crippen molar-refractivity contribution in [2.24, 2.45) is 0 Å². The van der Waals surface area contributed by atoms with Gasteiger partial charge in [0.2, 0.25) is 0 Å². The SMILES string of the molecule is COc1cc(CO)ccc1-c1cc(-c2nc3ccc(C(F)(F)F)cc3[nH]2)[nH]n1. The predicted octanol–water partition coefficient (Wildman–Crippen LogP) is 4.14. The second-order valence-electron chi connectivity index (χ2n) is 6.17. The number of H-pyrrole nitrogens is 2. The van der Waals surface area contributed by atoms with Gasteiger partial charge < -0.3 is 14.8 Å². The lowest BCUT2D eigenvalue weighted by atomic mass is 10.1. The van der Waals surface area contributed by atoms with Gasteiger partial charge in [0.1, 0.15) is 11.4 Å². The molecule has 0 aliphatic carbocycles. The molecule has 0 radical (unpaired) electrons. The highest BCUT2D eigenvalue weighted by Crippen LogP contribution is 2.33. The van der Waals surface area contributed by atoms with Crippen LogP contribution in [0.3, 0.4) is 0 Å². The molecule has 0 fully saturated rings. The number of aliphatic hydroxyl groups excluding tert-OH is 1. The summed E-state index contributed by atoms with van der Waals surface area (Å²) in [5, 5.41) is 16.3. The molecule has 0 amide bonds. The van der Waals surface area contributed by atoms with E-state index in [0.29, 0.717) is 39.6 Å². The lowest BCUT2D eigenvalue weighted by Gasteiger charge is -2.07. The van der Waals surface area contributed by atoms with Gasteiger partial charge in [-0.05, 0) is 42.0 Å². The Balaban J connectivity index is 1.71. The van der Waals surface area contributed by atoms with E-state index in [1.807, 2.05) is 0 Å². The third kappa shape index (κ3) is 3.20. The maximum atomic E-state index is 12.9. The molecule has 0 spiro atoms. The molecule has 2 aromatic heterocycles. The molecule has 2 aromatic carbocycles. The maximum absolute atomic E-state index is 12.9. The van der Waals surface area contributed by atoms with Crippen molar-refractivity contribution >= 4 is 11.0 Å². The number of methoxy groups -OCH3 is 1. The maximum Gasteiger partial charge on any atom is 0.416 e. The van der Waals surface area contributed by atoms with Gasteiger partial charge >= 0.3 is 6.18 Å². The number of aromatic nitrogens is 4. The summed E-state index contributed by atoms with van der Waals surface area (Å²) in [6, 6.07) is 10.3. The summed E-state index contributed by atoms with van der Waals surface area (Å²) in [5.74, 6) is 0.919. The van der Waals surface area contributed by atoms with E-state index in [1.54, 1.807) is 24.3 Å². The fourth-order valence-corrected chi connectivity index (χ4v) is 2.94. The van der Waals surface area contributed by atoms with Gasteiger partial charge in [0.15, 0.2) is 5.82 Å². The Morgan fingerprint density at radius 1 is 1.11 bits per heavy atom. The van der Waals surface area contributed by atoms with Crippen molar-refractivity contribution in [2.45, 2.75) is 12.8 Å². The van der Waals surface area contributed by atoms with E-state index in [4.69, 9.17) is 4.74 Å². The van der Waals surface area contributed by atoms with Crippen molar-refractivity contribution in [1.82, 2.24) is 20.2 Å². The lowest BCUT2D eigenvalue weighted by molar-refractivity contribution is -0.137. The van der Waals surface area contributed by atoms with Crippen molar-refractivity contribution in [3.63, 3.8) is 0 Å². The molecule has 0 saturated carbocycles. The molecule has 28 heavy (non-hydrogen) atoms. The molecule has 4 aromatic rings. The van der Waals surface area contributed by atoms with Gasteiger partial charge in [-0.2, -0.15) is 18.3 Å². The summed E-state index contributed by atoms with van der Waals surface area (Å²) in [7, 11) is 1.52. The summed E-state index contributed by atoms with van der Waals surface area (Å²) in [4.78, 5) is 7.21. The summed E-state index contributed by atoms with van der Waals surface area (Å²) >= 11 is 0. The van der Waals surface area contributed by atoms with Crippen LogP contribution in [-0.2, 0) is 12.8 Å². The smallest absolute Gasteiger partial charge is 0.416 e. The van der Waals surface area contributed by atoms with E-state index in [0.717, 1.165) is 12.1 Å². The molecule has 4 rings (SSSR count). The van der Waals surface area contributed by atoms with Crippen molar-refractivity contribution in [3.05, 3.63) is 53.6 Å². The van der Waals surface area contributed by atoms with Gasteiger partial charge in [-0.3, -0.25) is 5.10 Å². The number of hydrogen-bond acceptors (Lipinski definition) is 4. The van der Waals surface area contributed by atoms with E-state index in [9.17, 15) is 18.3 Å². The molecule has 2 heterocycles. The molecule has 0 atom stereocenters. The number of halogens is 3. The zero-order valence-electron chi connectivity index (χ0n) is 14.6. The molecule has 9 heteroatoms. The predicted molar refractivity (Wildman–Crippen MR) is 96.6 cm³/mol. The molecular formula is C19H15F3N4O2. The standard InChI is InChI=1S/C19H15F3N4O2/c1-28-17-6-10(9-27)2-4-12(17)14-8-16(26-25-14)18-23-13-5-3-11(19(20,21)22)7-15(13)24-18/h2-8,27H,9H2,1H3,(H,23,24)(H,25,26). The van der Waals surface area contributed by atoms with Crippen molar-refractivity contribution < 1.29 is 23.0 Å². The quantitative estimate of drug-likeness (QED) is 0.490. The summed E-state index contributed by atoms with van der Waals surface area (Å²) in [6.07, 6.45) is -4.42. The second-order valence-corrected chi connectivity index (χ2v) is 6.17. The molecule has 144 valence electrons. The Morgan fingerprint density at radius 3 is 2.64 bits per heavy atom. The lowest BCUT2D eigenvalue weighted by Crippen LogP contribution is -2.04. The minimum absolute atomic E-state index is 0.110. The molecule has 0 saturated heterocycles. The first kappa shape index (κ1) is 18.1. The van der Waals surface area contributed by atoms with Crippen LogP contribution in [0.2, 0.25) is 0 Å². The summed E-state index contributed by atoms with van der Waals surface area (Å²) in [5.41, 5.74) is 2.47. The Morgan fingerprint density at radius 2 is 1.93 bits per heavy atom. The topological polar surface area (TPSA) is 86.8 Å². The number of ether oxygens (including phenoxy) is 1. The van der Waals surface area contributed by atoms with E-state index in [1.165, 1.54) is 13.2 Å². The minimum atomic E-state index is -4.42. The first-order valence-electron chi connectivity index (χ1n) is 8.30. The number of benzene rings is 2. The highest BCUT2D eigenvalue weighted by molar-refractivity contribution is 5.80. The number of nitrogens with one attached hydrogen (secondary N) is 2. The van der Waals surface area contributed by atoms with E-state index < -0.39 is 11.7 Å². The number of fused-ring (bicyclic) bond motifs is 1. The van der Waals surface area contributed by atoms with Crippen LogP contribution >= 0.6 is 0 Å². The minimum Gasteiger partial charge on any atom is -0.496 e. The largest absolute Gasteiger partial charge is 0.496 e. The summed E-state index contributed by atoms with van der Waals surface area (Å²) < 4.78 is 44.0. The average molecular weight is 388 g/mol. The average Bonchev–Trinajstić information content (AvgIpc) is 3.32. The van der Waals surface area contributed by atoms with Gasteiger partial charge in [-0.25, -0.2) is 4.98 Å². The van der Waals surface area contributed by atoms with Crippen LogP contribution in [0, 0.1) is 0 Å². The van der Waals surface area contributed by atoms with Crippen LogP contribution in [0.15, 0.2) is 42.5 Å². The van der Waals surface area contributed by atoms with E-state index >= 15 is 0 Å². The van der Waals surface area contributed by atoms with Gasteiger partial charge in [0, 0.05) is 5.56 Å². The Hall–Kier alpha value is -3.33. The number of aromatic amines is 2. The molecule has 0 aliphatic heterocycles. The number of rotatable bonds is 4. The van der Waals surface area contributed by atoms with Crippen molar-refractivity contribution in [3.8, 4) is 28.5 Å². The molecule has 0 unspecified atom stereocenters. The zero-order chi connectivity index (χ0) is 19.9. The Labute approximate surface area is 157 Å². The van der Waals surface area contributed by atoms with Crippen LogP contribution in [0.4, 0.5) is 13.2 Å². The zero-order valence-corrected chi connectivity index (χ0v) is 14.6. The molecule has 0 bridgehead atoms. The Bertz CT molecular complexity index is 1150. The fourth-order valence-electron chi connectivity index (χ4n) is 2.94. The number of imidazole rings is 1. The first-order chi connectivity index (χ1) is 13.4. The van der Waals surface area contributed by atoms with Gasteiger partial charge in [0.05, 0.1) is 36.0 Å². The second kappa shape index (κ2) is 6.68. The molecule has 6 nitrogen and oxygen atoms in total. The van der Waals surface area contributed by atoms with E-state index in [-0.39, 0.29) is 12.1 Å². The monoisotopic (exact) mass is 388 g/mol. The van der Waals surface area contributed by atoms with Gasteiger partial charge in [0.25, 0.3) is 0 Å². The third-order valence-corrected chi connectivity index (χ3v) is 4.37. The third-order valence-electron chi connectivity index (χ3n) is 4.37.